The zero-order valence-corrected chi connectivity index (χ0v) is 9.87. The lowest BCUT2D eigenvalue weighted by Gasteiger charge is -2.34. The van der Waals surface area contributed by atoms with Crippen LogP contribution in [0.15, 0.2) is 18.2 Å². The predicted octanol–water partition coefficient (Wildman–Crippen LogP) is 0.164. The van der Waals surface area contributed by atoms with E-state index in [1.165, 1.54) is 6.07 Å². The average Bonchev–Trinajstić information content (AvgIpc) is 2.38. The van der Waals surface area contributed by atoms with Crippen LogP contribution < -0.4 is 10.6 Å². The fraction of sp³-hybridized carbons (Fsp3) is 0.417. The van der Waals surface area contributed by atoms with Gasteiger partial charge in [0, 0.05) is 18.8 Å². The van der Waals surface area contributed by atoms with Crippen molar-refractivity contribution in [3.63, 3.8) is 0 Å². The Hall–Kier alpha value is -1.79. The lowest BCUT2D eigenvalue weighted by Crippen LogP contribution is -2.44. The first-order chi connectivity index (χ1) is 8.61. The molecule has 2 rings (SSSR count). The number of nitrogens with zero attached hydrogens (tertiary/aromatic N) is 1. The van der Waals surface area contributed by atoms with Crippen LogP contribution in [0.25, 0.3) is 0 Å². The summed E-state index contributed by atoms with van der Waals surface area (Å²) >= 11 is 0. The number of morpholine rings is 1. The number of nitrogens with two attached hydrogens (primary N) is 1. The molecule has 0 spiro atoms. The highest BCUT2D eigenvalue weighted by molar-refractivity contribution is 5.95. The first-order valence-electron chi connectivity index (χ1n) is 5.72. The van der Waals surface area contributed by atoms with Crippen molar-refractivity contribution in [2.45, 2.75) is 6.10 Å². The van der Waals surface area contributed by atoms with Crippen LogP contribution >= 0.6 is 0 Å². The van der Waals surface area contributed by atoms with E-state index in [2.05, 4.69) is 0 Å². The molecular weight excluding hydrogens is 236 g/mol. The van der Waals surface area contributed by atoms with E-state index < -0.39 is 5.97 Å². The van der Waals surface area contributed by atoms with Crippen LogP contribution in [-0.4, -0.2) is 48.6 Å². The van der Waals surface area contributed by atoms with Gasteiger partial charge in [-0.05, 0) is 18.2 Å². The maximum absolute atomic E-state index is 11.2. The van der Waals surface area contributed by atoms with E-state index in [1.807, 2.05) is 4.90 Å². The van der Waals surface area contributed by atoms with Crippen LogP contribution in [0.1, 0.15) is 10.4 Å². The Bertz CT molecular complexity index is 450. The predicted molar refractivity (Wildman–Crippen MR) is 66.9 cm³/mol. The minimum absolute atomic E-state index is 0.0821. The molecule has 18 heavy (non-hydrogen) atoms. The molecule has 0 radical (unpaired) electrons. The summed E-state index contributed by atoms with van der Waals surface area (Å²) in [5, 5.41) is 18.3. The van der Waals surface area contributed by atoms with Gasteiger partial charge in [0.1, 0.15) is 0 Å². The molecule has 1 aromatic carbocycles. The number of carbonyl (C=O) groups is 1. The molecule has 1 unspecified atom stereocenters. The number of aromatic carboxylic acids is 1. The van der Waals surface area contributed by atoms with E-state index in [9.17, 15) is 4.79 Å². The first kappa shape index (κ1) is 12.7. The van der Waals surface area contributed by atoms with Crippen LogP contribution in [-0.2, 0) is 4.74 Å². The Morgan fingerprint density at radius 1 is 1.56 bits per heavy atom. The molecule has 0 aliphatic carbocycles. The van der Waals surface area contributed by atoms with Crippen molar-refractivity contribution in [2.24, 2.45) is 0 Å². The Morgan fingerprint density at radius 2 is 2.33 bits per heavy atom. The molecule has 1 heterocycles. The fourth-order valence-electron chi connectivity index (χ4n) is 2.04. The second-order valence-electron chi connectivity index (χ2n) is 4.20. The Kier molecular flexibility index (Phi) is 3.69. The lowest BCUT2D eigenvalue weighted by molar-refractivity contribution is 0.00350. The Labute approximate surface area is 105 Å². The third-order valence-electron chi connectivity index (χ3n) is 2.94. The summed E-state index contributed by atoms with van der Waals surface area (Å²) < 4.78 is 5.34. The quantitative estimate of drug-likeness (QED) is 0.663. The number of ether oxygens (including phenoxy) is 1. The van der Waals surface area contributed by atoms with E-state index in [0.29, 0.717) is 31.1 Å². The van der Waals surface area contributed by atoms with E-state index in [-0.39, 0.29) is 18.3 Å². The van der Waals surface area contributed by atoms with Gasteiger partial charge in [-0.1, -0.05) is 0 Å². The van der Waals surface area contributed by atoms with Crippen LogP contribution in [0.2, 0.25) is 0 Å². The highest BCUT2D eigenvalue weighted by Crippen LogP contribution is 2.25. The molecule has 1 aliphatic heterocycles. The maximum Gasteiger partial charge on any atom is 0.337 e. The topological polar surface area (TPSA) is 96.0 Å². The number of nitrogen functional groups attached to an aromatic ring is 1. The van der Waals surface area contributed by atoms with Gasteiger partial charge in [0.25, 0.3) is 0 Å². The number of hydrogen-bond acceptors (Lipinski definition) is 5. The van der Waals surface area contributed by atoms with Crippen molar-refractivity contribution in [2.75, 3.05) is 36.9 Å². The second-order valence-corrected chi connectivity index (χ2v) is 4.20. The SMILES string of the molecule is Nc1ccc(C(=O)O)c(N2CCOC(CO)C2)c1. The number of benzene rings is 1. The minimum Gasteiger partial charge on any atom is -0.478 e. The number of anilines is 2. The molecule has 1 fully saturated rings. The van der Waals surface area contributed by atoms with Gasteiger partial charge in [0.05, 0.1) is 30.6 Å². The van der Waals surface area contributed by atoms with Gasteiger partial charge in [-0.3, -0.25) is 0 Å². The largest absolute Gasteiger partial charge is 0.478 e. The molecule has 98 valence electrons. The van der Waals surface area contributed by atoms with Gasteiger partial charge < -0.3 is 25.6 Å². The average molecular weight is 252 g/mol. The zero-order chi connectivity index (χ0) is 13.1. The molecule has 1 aliphatic rings. The second kappa shape index (κ2) is 5.24. The van der Waals surface area contributed by atoms with Gasteiger partial charge in [-0.15, -0.1) is 0 Å². The van der Waals surface area contributed by atoms with Crippen LogP contribution in [0, 0.1) is 0 Å². The van der Waals surface area contributed by atoms with E-state index in [0.717, 1.165) is 0 Å². The molecule has 6 heteroatoms. The molecule has 1 aromatic rings. The monoisotopic (exact) mass is 252 g/mol. The number of aliphatic hydroxyl groups is 1. The minimum atomic E-state index is -0.989. The van der Waals surface area contributed by atoms with Crippen LogP contribution in [0.5, 0.6) is 0 Å². The molecule has 0 bridgehead atoms. The number of rotatable bonds is 3. The van der Waals surface area contributed by atoms with Gasteiger partial charge in [0.2, 0.25) is 0 Å². The van der Waals surface area contributed by atoms with Crippen LogP contribution in [0.3, 0.4) is 0 Å². The Morgan fingerprint density at radius 3 is 3.00 bits per heavy atom. The van der Waals surface area contributed by atoms with E-state index in [4.69, 9.17) is 20.7 Å². The fourth-order valence-corrected chi connectivity index (χ4v) is 2.04. The van der Waals surface area contributed by atoms with Crippen molar-refractivity contribution in [3.8, 4) is 0 Å². The summed E-state index contributed by atoms with van der Waals surface area (Å²) in [4.78, 5) is 13.1. The van der Waals surface area contributed by atoms with Crippen molar-refractivity contribution in [1.29, 1.82) is 0 Å². The van der Waals surface area contributed by atoms with Gasteiger partial charge in [0.15, 0.2) is 0 Å². The third-order valence-corrected chi connectivity index (χ3v) is 2.94. The molecule has 0 aromatic heterocycles. The molecule has 1 atom stereocenters. The standard InChI is InChI=1S/C12H16N2O4/c13-8-1-2-10(12(16)17)11(5-8)14-3-4-18-9(6-14)7-15/h1-2,5,9,15H,3-4,6-7,13H2,(H,16,17). The summed E-state index contributed by atoms with van der Waals surface area (Å²) in [7, 11) is 0. The molecule has 0 amide bonds. The van der Waals surface area contributed by atoms with Crippen molar-refractivity contribution in [1.82, 2.24) is 0 Å². The van der Waals surface area contributed by atoms with Crippen molar-refractivity contribution < 1.29 is 19.7 Å². The van der Waals surface area contributed by atoms with Crippen molar-refractivity contribution in [3.05, 3.63) is 23.8 Å². The lowest BCUT2D eigenvalue weighted by atomic mass is 10.1. The summed E-state index contributed by atoms with van der Waals surface area (Å²) in [5.41, 5.74) is 7.00. The van der Waals surface area contributed by atoms with Gasteiger partial charge in [-0.2, -0.15) is 0 Å². The van der Waals surface area contributed by atoms with Gasteiger partial charge >= 0.3 is 5.97 Å². The molecule has 1 saturated heterocycles. The molecule has 6 nitrogen and oxygen atoms in total. The van der Waals surface area contributed by atoms with Crippen molar-refractivity contribution >= 4 is 17.3 Å². The number of hydrogen-bond donors (Lipinski definition) is 3. The summed E-state index contributed by atoms with van der Waals surface area (Å²) in [6, 6.07) is 4.70. The van der Waals surface area contributed by atoms with Gasteiger partial charge in [-0.25, -0.2) is 4.79 Å². The number of carboxylic acids is 1. The maximum atomic E-state index is 11.2. The summed E-state index contributed by atoms with van der Waals surface area (Å²) in [6.45, 7) is 1.42. The highest BCUT2D eigenvalue weighted by Gasteiger charge is 2.23. The zero-order valence-electron chi connectivity index (χ0n) is 9.87. The smallest absolute Gasteiger partial charge is 0.337 e. The van der Waals surface area contributed by atoms with Crippen LogP contribution in [0.4, 0.5) is 11.4 Å². The first-order valence-corrected chi connectivity index (χ1v) is 5.72. The van der Waals surface area contributed by atoms with E-state index >= 15 is 0 Å². The molecule has 4 N–H and O–H groups in total. The summed E-state index contributed by atoms with van der Waals surface area (Å²) in [5.74, 6) is -0.989. The summed E-state index contributed by atoms with van der Waals surface area (Å²) in [6.07, 6.45) is -0.290. The number of aliphatic hydroxyl groups excluding tert-OH is 1. The third kappa shape index (κ3) is 2.55. The molecule has 0 saturated carbocycles. The van der Waals surface area contributed by atoms with E-state index in [1.54, 1.807) is 12.1 Å². The highest BCUT2D eigenvalue weighted by atomic mass is 16.5. The Balaban J connectivity index is 2.31. The normalized spacial score (nSPS) is 19.8. The molecular formula is C12H16N2O4. The number of carboxylic acid groups (broad SMARTS) is 1.